The van der Waals surface area contributed by atoms with Crippen LogP contribution in [0, 0.1) is 18.8 Å². The molecule has 3 rings (SSSR count). The molecule has 3 aromatic rings. The van der Waals surface area contributed by atoms with E-state index in [1.54, 1.807) is 36.4 Å². The fourth-order valence-electron chi connectivity index (χ4n) is 2.62. The second-order valence-corrected chi connectivity index (χ2v) is 8.03. The fraction of sp³-hybridized carbons (Fsp3) is 0.0833. The minimum absolute atomic E-state index is 0.239. The van der Waals surface area contributed by atoms with Crippen LogP contribution < -0.4 is 4.72 Å². The molecule has 0 aliphatic rings. The Balaban J connectivity index is 1.85. The highest BCUT2D eigenvalue weighted by Gasteiger charge is 2.19. The van der Waals surface area contributed by atoms with Crippen LogP contribution in [-0.2, 0) is 10.0 Å². The molecular formula is C24H21NO2S. The van der Waals surface area contributed by atoms with Crippen LogP contribution in [0.3, 0.4) is 0 Å². The maximum Gasteiger partial charge on any atom is 0.241 e. The van der Waals surface area contributed by atoms with Gasteiger partial charge >= 0.3 is 0 Å². The van der Waals surface area contributed by atoms with Gasteiger partial charge in [-0.25, -0.2) is 8.42 Å². The number of allylic oxidation sites excluding steroid dienone is 1. The average Bonchev–Trinajstić information content (AvgIpc) is 2.72. The van der Waals surface area contributed by atoms with Gasteiger partial charge in [0.1, 0.15) is 0 Å². The van der Waals surface area contributed by atoms with Gasteiger partial charge in [0.25, 0.3) is 0 Å². The molecule has 28 heavy (non-hydrogen) atoms. The summed E-state index contributed by atoms with van der Waals surface area (Å²) in [6.07, 6.45) is 3.44. The summed E-state index contributed by atoms with van der Waals surface area (Å²) in [6, 6.07) is 25.3. The predicted octanol–water partition coefficient (Wildman–Crippen LogP) is 4.62. The molecule has 140 valence electrons. The number of nitrogens with one attached hydrogen (secondary N) is 1. The van der Waals surface area contributed by atoms with Crippen LogP contribution in [0.4, 0.5) is 0 Å². The van der Waals surface area contributed by atoms with Crippen molar-refractivity contribution in [1.29, 1.82) is 0 Å². The number of hydrogen-bond donors (Lipinski definition) is 1. The van der Waals surface area contributed by atoms with E-state index in [1.807, 2.05) is 67.6 Å². The molecule has 0 bridgehead atoms. The predicted molar refractivity (Wildman–Crippen MR) is 113 cm³/mol. The zero-order valence-electron chi connectivity index (χ0n) is 15.5. The summed E-state index contributed by atoms with van der Waals surface area (Å²) in [4.78, 5) is 0.239. The Morgan fingerprint density at radius 2 is 1.46 bits per heavy atom. The Bertz CT molecular complexity index is 1090. The molecule has 0 aliphatic carbocycles. The molecule has 0 fully saturated rings. The first-order valence-electron chi connectivity index (χ1n) is 8.92. The first kappa shape index (κ1) is 19.6. The number of aryl methyl sites for hydroxylation is 1. The van der Waals surface area contributed by atoms with Gasteiger partial charge in [0.2, 0.25) is 10.0 Å². The molecule has 3 nitrogen and oxygen atoms in total. The highest BCUT2D eigenvalue weighted by atomic mass is 32.2. The van der Waals surface area contributed by atoms with Crippen LogP contribution in [-0.4, -0.2) is 8.42 Å². The van der Waals surface area contributed by atoms with Crippen molar-refractivity contribution in [3.63, 3.8) is 0 Å². The lowest BCUT2D eigenvalue weighted by Gasteiger charge is -2.16. The van der Waals surface area contributed by atoms with Crippen molar-refractivity contribution in [3.8, 4) is 11.8 Å². The second kappa shape index (κ2) is 9.18. The lowest BCUT2D eigenvalue weighted by atomic mass is 10.1. The summed E-state index contributed by atoms with van der Waals surface area (Å²) in [5.41, 5.74) is 2.76. The van der Waals surface area contributed by atoms with Crippen molar-refractivity contribution in [1.82, 2.24) is 4.72 Å². The van der Waals surface area contributed by atoms with Crippen LogP contribution in [0.5, 0.6) is 0 Å². The Labute approximate surface area is 166 Å². The summed E-state index contributed by atoms with van der Waals surface area (Å²) in [5, 5.41) is 0. The van der Waals surface area contributed by atoms with Crippen LogP contribution in [0.1, 0.15) is 22.7 Å². The standard InChI is InChI=1S/C24H21NO2S/c1-20-16-18-23(19-17-20)28(26,27)25-24(22-13-6-3-7-14-22)15-9-8-12-21-10-4-2-5-11-21/h2-7,9-11,13-19,24-25H,1H3/b15-9+/t24-/m1/s1. The first-order valence-corrected chi connectivity index (χ1v) is 10.4. The fourth-order valence-corrected chi connectivity index (χ4v) is 3.80. The first-order chi connectivity index (χ1) is 13.5. The molecule has 1 atom stereocenters. The number of rotatable bonds is 5. The molecule has 0 spiro atoms. The van der Waals surface area contributed by atoms with E-state index >= 15 is 0 Å². The van der Waals surface area contributed by atoms with Gasteiger partial charge < -0.3 is 0 Å². The van der Waals surface area contributed by atoms with Crippen molar-refractivity contribution in [2.75, 3.05) is 0 Å². The monoisotopic (exact) mass is 387 g/mol. The van der Waals surface area contributed by atoms with E-state index in [-0.39, 0.29) is 4.90 Å². The van der Waals surface area contributed by atoms with Crippen molar-refractivity contribution >= 4 is 10.0 Å². The van der Waals surface area contributed by atoms with E-state index in [4.69, 9.17) is 0 Å². The van der Waals surface area contributed by atoms with Gasteiger partial charge in [-0.2, -0.15) is 4.72 Å². The number of benzene rings is 3. The molecule has 0 aromatic heterocycles. The molecule has 0 amide bonds. The highest BCUT2D eigenvalue weighted by Crippen LogP contribution is 2.19. The smallest absolute Gasteiger partial charge is 0.207 e. The summed E-state index contributed by atoms with van der Waals surface area (Å²) in [6.45, 7) is 1.92. The van der Waals surface area contributed by atoms with E-state index in [9.17, 15) is 8.42 Å². The second-order valence-electron chi connectivity index (χ2n) is 6.32. The Kier molecular flexibility index (Phi) is 6.44. The minimum Gasteiger partial charge on any atom is -0.207 e. The molecule has 0 radical (unpaired) electrons. The Morgan fingerprint density at radius 1 is 0.857 bits per heavy atom. The lowest BCUT2D eigenvalue weighted by Crippen LogP contribution is -2.27. The molecule has 3 aromatic carbocycles. The van der Waals surface area contributed by atoms with Crippen molar-refractivity contribution < 1.29 is 8.42 Å². The van der Waals surface area contributed by atoms with Crippen molar-refractivity contribution in [2.24, 2.45) is 0 Å². The van der Waals surface area contributed by atoms with Crippen LogP contribution in [0.2, 0.25) is 0 Å². The van der Waals surface area contributed by atoms with Gasteiger partial charge in [-0.15, -0.1) is 0 Å². The minimum atomic E-state index is -3.66. The zero-order valence-corrected chi connectivity index (χ0v) is 16.4. The van der Waals surface area contributed by atoms with Crippen LogP contribution in [0.25, 0.3) is 0 Å². The quantitative estimate of drug-likeness (QED) is 0.649. The maximum atomic E-state index is 12.8. The third-order valence-corrected chi connectivity index (χ3v) is 5.59. The van der Waals surface area contributed by atoms with E-state index in [0.717, 1.165) is 16.7 Å². The van der Waals surface area contributed by atoms with E-state index in [0.29, 0.717) is 0 Å². The van der Waals surface area contributed by atoms with Gasteiger partial charge in [-0.3, -0.25) is 0 Å². The van der Waals surface area contributed by atoms with E-state index in [2.05, 4.69) is 16.6 Å². The molecule has 0 unspecified atom stereocenters. The maximum absolute atomic E-state index is 12.8. The molecule has 0 heterocycles. The van der Waals surface area contributed by atoms with Gasteiger partial charge in [-0.05, 0) is 42.8 Å². The lowest BCUT2D eigenvalue weighted by molar-refractivity contribution is 0.574. The van der Waals surface area contributed by atoms with Crippen molar-refractivity contribution in [2.45, 2.75) is 17.9 Å². The Morgan fingerprint density at radius 3 is 2.11 bits per heavy atom. The largest absolute Gasteiger partial charge is 0.241 e. The van der Waals surface area contributed by atoms with Crippen molar-refractivity contribution in [3.05, 3.63) is 114 Å². The third-order valence-electron chi connectivity index (χ3n) is 4.13. The molecule has 0 saturated carbocycles. The van der Waals surface area contributed by atoms with Gasteiger partial charge in [0.05, 0.1) is 10.9 Å². The van der Waals surface area contributed by atoms with Gasteiger partial charge in [0, 0.05) is 5.56 Å². The summed E-state index contributed by atoms with van der Waals surface area (Å²) in [7, 11) is -3.66. The summed E-state index contributed by atoms with van der Waals surface area (Å²) < 4.78 is 28.4. The number of sulfonamides is 1. The van der Waals surface area contributed by atoms with Crippen LogP contribution in [0.15, 0.2) is 102 Å². The molecular weight excluding hydrogens is 366 g/mol. The molecule has 4 heteroatoms. The molecule has 0 aliphatic heterocycles. The summed E-state index contributed by atoms with van der Waals surface area (Å²) >= 11 is 0. The van der Waals surface area contributed by atoms with Gasteiger partial charge in [-0.1, -0.05) is 84.1 Å². The third kappa shape index (κ3) is 5.43. The van der Waals surface area contributed by atoms with Crippen LogP contribution >= 0.6 is 0 Å². The number of hydrogen-bond acceptors (Lipinski definition) is 2. The van der Waals surface area contributed by atoms with E-state index in [1.165, 1.54) is 0 Å². The highest BCUT2D eigenvalue weighted by molar-refractivity contribution is 7.89. The van der Waals surface area contributed by atoms with Gasteiger partial charge in [0.15, 0.2) is 0 Å². The SMILES string of the molecule is Cc1ccc(S(=O)(=O)N[C@H](/C=C/C#Cc2ccccc2)c2ccccc2)cc1. The normalized spacial score (nSPS) is 12.3. The summed E-state index contributed by atoms with van der Waals surface area (Å²) in [5.74, 6) is 6.01. The average molecular weight is 388 g/mol. The molecule has 0 saturated heterocycles. The topological polar surface area (TPSA) is 46.2 Å². The van der Waals surface area contributed by atoms with E-state index < -0.39 is 16.1 Å². The Hall–Kier alpha value is -3.13. The zero-order chi connectivity index (χ0) is 19.8. The molecule has 1 N–H and O–H groups in total.